The average Bonchev–Trinajstić information content (AvgIpc) is 2.38. The Labute approximate surface area is 108 Å². The highest BCUT2D eigenvalue weighted by atomic mass is 32.2. The van der Waals surface area contributed by atoms with Gasteiger partial charge >= 0.3 is 0 Å². The largest absolute Gasteiger partial charge is 0.384 e. The highest BCUT2D eigenvalue weighted by Gasteiger charge is 2.21. The third-order valence-electron chi connectivity index (χ3n) is 2.35. The van der Waals surface area contributed by atoms with Crippen molar-refractivity contribution < 1.29 is 13.2 Å². The van der Waals surface area contributed by atoms with Gasteiger partial charge < -0.3 is 4.74 Å². The number of nitriles is 1. The van der Waals surface area contributed by atoms with Gasteiger partial charge in [-0.15, -0.1) is 0 Å². The van der Waals surface area contributed by atoms with E-state index in [0.29, 0.717) is 5.69 Å². The van der Waals surface area contributed by atoms with Crippen LogP contribution in [-0.2, 0) is 14.8 Å². The predicted molar refractivity (Wildman–Crippen MR) is 69.7 cm³/mol. The SMILES string of the molecule is COCCS(=O)(=O)N(CCC#N)c1ccccc1. The lowest BCUT2D eigenvalue weighted by Crippen LogP contribution is -2.35. The van der Waals surface area contributed by atoms with Crippen LogP contribution in [0.3, 0.4) is 0 Å². The second kappa shape index (κ2) is 6.99. The van der Waals surface area contributed by atoms with Gasteiger partial charge in [0.1, 0.15) is 0 Å². The van der Waals surface area contributed by atoms with Gasteiger partial charge in [0.2, 0.25) is 10.0 Å². The van der Waals surface area contributed by atoms with Crippen LogP contribution in [0.4, 0.5) is 5.69 Å². The smallest absolute Gasteiger partial charge is 0.237 e. The zero-order valence-corrected chi connectivity index (χ0v) is 11.1. The maximum absolute atomic E-state index is 12.1. The molecular weight excluding hydrogens is 252 g/mol. The van der Waals surface area contributed by atoms with Crippen LogP contribution in [0, 0.1) is 11.3 Å². The zero-order valence-electron chi connectivity index (χ0n) is 10.2. The molecule has 0 heterocycles. The first-order valence-corrected chi connectivity index (χ1v) is 7.14. The van der Waals surface area contributed by atoms with E-state index in [1.54, 1.807) is 24.3 Å². The number of hydrogen-bond donors (Lipinski definition) is 0. The van der Waals surface area contributed by atoms with Gasteiger partial charge in [-0.3, -0.25) is 4.31 Å². The summed E-state index contributed by atoms with van der Waals surface area (Å²) in [5.41, 5.74) is 0.573. The van der Waals surface area contributed by atoms with E-state index in [-0.39, 0.29) is 25.3 Å². The molecule has 0 saturated carbocycles. The van der Waals surface area contributed by atoms with E-state index >= 15 is 0 Å². The van der Waals surface area contributed by atoms with Crippen molar-refractivity contribution in [1.29, 1.82) is 5.26 Å². The number of methoxy groups -OCH3 is 1. The number of hydrogen-bond acceptors (Lipinski definition) is 4. The number of ether oxygens (including phenoxy) is 1. The van der Waals surface area contributed by atoms with E-state index in [4.69, 9.17) is 10.00 Å². The summed E-state index contributed by atoms with van der Waals surface area (Å²) in [6, 6.07) is 10.7. The summed E-state index contributed by atoms with van der Waals surface area (Å²) >= 11 is 0. The summed E-state index contributed by atoms with van der Waals surface area (Å²) in [6.45, 7) is 0.296. The van der Waals surface area contributed by atoms with Crippen LogP contribution in [-0.4, -0.2) is 34.4 Å². The lowest BCUT2D eigenvalue weighted by Gasteiger charge is -2.23. The Bertz CT molecular complexity index is 494. The molecule has 1 rings (SSSR count). The van der Waals surface area contributed by atoms with Gasteiger partial charge in [-0.2, -0.15) is 5.26 Å². The molecule has 6 heteroatoms. The lowest BCUT2D eigenvalue weighted by atomic mass is 10.3. The molecule has 5 nitrogen and oxygen atoms in total. The van der Waals surface area contributed by atoms with Crippen molar-refractivity contribution in [3.8, 4) is 6.07 Å². The highest BCUT2D eigenvalue weighted by Crippen LogP contribution is 2.18. The van der Waals surface area contributed by atoms with Crippen LogP contribution >= 0.6 is 0 Å². The van der Waals surface area contributed by atoms with Crippen molar-refractivity contribution in [2.24, 2.45) is 0 Å². The molecule has 0 amide bonds. The van der Waals surface area contributed by atoms with Crippen molar-refractivity contribution >= 4 is 15.7 Å². The number of para-hydroxylation sites is 1. The Morgan fingerprint density at radius 2 is 2.00 bits per heavy atom. The van der Waals surface area contributed by atoms with E-state index in [2.05, 4.69) is 0 Å². The third kappa shape index (κ3) is 4.02. The van der Waals surface area contributed by atoms with E-state index < -0.39 is 10.0 Å². The Morgan fingerprint density at radius 3 is 2.56 bits per heavy atom. The molecule has 0 unspecified atom stereocenters. The average molecular weight is 268 g/mol. The molecule has 0 aliphatic heterocycles. The maximum atomic E-state index is 12.1. The zero-order chi connectivity index (χ0) is 13.4. The molecule has 0 spiro atoms. The first kappa shape index (κ1) is 14.5. The first-order chi connectivity index (χ1) is 8.61. The molecule has 0 aliphatic carbocycles. The molecule has 1 aromatic rings. The van der Waals surface area contributed by atoms with E-state index in [9.17, 15) is 8.42 Å². The van der Waals surface area contributed by atoms with Gasteiger partial charge in [-0.05, 0) is 12.1 Å². The first-order valence-electron chi connectivity index (χ1n) is 5.53. The Morgan fingerprint density at radius 1 is 1.33 bits per heavy atom. The number of nitrogens with zero attached hydrogens (tertiary/aromatic N) is 2. The second-order valence-electron chi connectivity index (χ2n) is 3.62. The molecule has 0 bridgehead atoms. The maximum Gasteiger partial charge on any atom is 0.237 e. The Balaban J connectivity index is 2.95. The fraction of sp³-hybridized carbons (Fsp3) is 0.417. The minimum absolute atomic E-state index is 0.0934. The number of sulfonamides is 1. The molecule has 0 radical (unpaired) electrons. The van der Waals surface area contributed by atoms with Gasteiger partial charge in [0.25, 0.3) is 0 Å². The van der Waals surface area contributed by atoms with Crippen LogP contribution in [0.2, 0.25) is 0 Å². The fourth-order valence-electron chi connectivity index (χ4n) is 1.47. The van der Waals surface area contributed by atoms with Crippen molar-refractivity contribution in [3.63, 3.8) is 0 Å². The predicted octanol–water partition coefficient (Wildman–Crippen LogP) is 1.38. The van der Waals surface area contributed by atoms with Crippen LogP contribution in [0.15, 0.2) is 30.3 Å². The van der Waals surface area contributed by atoms with Gasteiger partial charge in [0, 0.05) is 13.7 Å². The van der Waals surface area contributed by atoms with Gasteiger partial charge in [-0.25, -0.2) is 8.42 Å². The topological polar surface area (TPSA) is 70.4 Å². The summed E-state index contributed by atoms with van der Waals surface area (Å²) < 4.78 is 30.3. The van der Waals surface area contributed by atoms with Gasteiger partial charge in [-0.1, -0.05) is 18.2 Å². The number of benzene rings is 1. The van der Waals surface area contributed by atoms with Gasteiger partial charge in [0.15, 0.2) is 0 Å². The van der Waals surface area contributed by atoms with Crippen molar-refractivity contribution in [1.82, 2.24) is 0 Å². The quantitative estimate of drug-likeness (QED) is 0.749. The monoisotopic (exact) mass is 268 g/mol. The van der Waals surface area contributed by atoms with E-state index in [1.807, 2.05) is 12.1 Å². The summed E-state index contributed by atoms with van der Waals surface area (Å²) in [7, 11) is -2.00. The van der Waals surface area contributed by atoms with Crippen molar-refractivity contribution in [2.45, 2.75) is 6.42 Å². The fourth-order valence-corrected chi connectivity index (χ4v) is 2.88. The molecule has 98 valence electrons. The van der Waals surface area contributed by atoms with Gasteiger partial charge in [0.05, 0.1) is 30.5 Å². The van der Waals surface area contributed by atoms with E-state index in [1.165, 1.54) is 11.4 Å². The molecule has 1 aromatic carbocycles. The molecule has 0 atom stereocenters. The molecule has 0 saturated heterocycles. The lowest BCUT2D eigenvalue weighted by molar-refractivity contribution is 0.217. The summed E-state index contributed by atoms with van der Waals surface area (Å²) in [6.07, 6.45) is 0.154. The highest BCUT2D eigenvalue weighted by molar-refractivity contribution is 7.92. The minimum atomic E-state index is -3.45. The van der Waals surface area contributed by atoms with Crippen molar-refractivity contribution in [2.75, 3.05) is 30.3 Å². The Kier molecular flexibility index (Phi) is 5.62. The second-order valence-corrected chi connectivity index (χ2v) is 5.64. The van der Waals surface area contributed by atoms with E-state index in [0.717, 1.165) is 0 Å². The summed E-state index contributed by atoms with van der Waals surface area (Å²) in [5, 5.41) is 8.61. The van der Waals surface area contributed by atoms with Crippen LogP contribution in [0.1, 0.15) is 6.42 Å². The Hall–Kier alpha value is -1.58. The molecule has 0 fully saturated rings. The summed E-state index contributed by atoms with van der Waals surface area (Å²) in [4.78, 5) is 0. The molecule has 0 aliphatic rings. The van der Waals surface area contributed by atoms with Crippen LogP contribution in [0.5, 0.6) is 0 Å². The number of rotatable bonds is 7. The normalized spacial score (nSPS) is 10.9. The number of anilines is 1. The summed E-state index contributed by atoms with van der Waals surface area (Å²) in [5.74, 6) is -0.0934. The molecule has 0 N–H and O–H groups in total. The molecular formula is C12H16N2O3S. The molecule has 18 heavy (non-hydrogen) atoms. The van der Waals surface area contributed by atoms with Crippen LogP contribution in [0.25, 0.3) is 0 Å². The van der Waals surface area contributed by atoms with Crippen LogP contribution < -0.4 is 4.31 Å². The van der Waals surface area contributed by atoms with Crippen molar-refractivity contribution in [3.05, 3.63) is 30.3 Å². The standard InChI is InChI=1S/C12H16N2O3S/c1-17-10-11-18(15,16)14(9-5-8-13)12-6-3-2-4-7-12/h2-4,6-7H,5,9-11H2,1H3. The minimum Gasteiger partial charge on any atom is -0.384 e. The third-order valence-corrected chi connectivity index (χ3v) is 4.10. The molecule has 0 aromatic heterocycles.